The van der Waals surface area contributed by atoms with Crippen LogP contribution in [0.15, 0.2) is 0 Å². The molecule has 0 spiro atoms. The van der Waals surface area contributed by atoms with Crippen molar-refractivity contribution in [3.05, 3.63) is 0 Å². The van der Waals surface area contributed by atoms with E-state index >= 15 is 0 Å². The van der Waals surface area contributed by atoms with Crippen molar-refractivity contribution >= 4 is 6.09 Å². The average molecular weight is 282 g/mol. The number of likely N-dealkylation sites (tertiary alicyclic amines) is 1. The number of carbonyl (C=O) groups excluding carboxylic acids is 1. The molecular weight excluding hydrogens is 261 g/mol. The highest BCUT2D eigenvalue weighted by Crippen LogP contribution is 2.22. The van der Waals surface area contributed by atoms with Gasteiger partial charge in [-0.1, -0.05) is 0 Å². The van der Waals surface area contributed by atoms with Crippen LogP contribution in [-0.4, -0.2) is 60.4 Å². The van der Waals surface area contributed by atoms with Crippen molar-refractivity contribution in [1.82, 2.24) is 9.80 Å². The zero-order valence-corrected chi connectivity index (χ0v) is 11.8. The Morgan fingerprint density at radius 2 is 1.95 bits per heavy atom. The summed E-state index contributed by atoms with van der Waals surface area (Å²) in [6.07, 6.45) is -4.14. The minimum absolute atomic E-state index is 0.269. The lowest BCUT2D eigenvalue weighted by atomic mass is 10.2. The Labute approximate surface area is 111 Å². The van der Waals surface area contributed by atoms with E-state index < -0.39 is 24.4 Å². The van der Waals surface area contributed by atoms with Crippen LogP contribution in [-0.2, 0) is 4.74 Å². The summed E-state index contributed by atoms with van der Waals surface area (Å²) >= 11 is 0. The van der Waals surface area contributed by atoms with Crippen molar-refractivity contribution < 1.29 is 22.7 Å². The molecule has 0 aliphatic carbocycles. The fraction of sp³-hybridized carbons (Fsp3) is 0.917. The molecule has 1 amide bonds. The van der Waals surface area contributed by atoms with Crippen molar-refractivity contribution in [3.8, 4) is 0 Å². The molecule has 1 rings (SSSR count). The largest absolute Gasteiger partial charge is 0.444 e. The van der Waals surface area contributed by atoms with E-state index in [0.717, 1.165) is 0 Å². The zero-order chi connectivity index (χ0) is 14.8. The molecule has 0 unspecified atom stereocenters. The van der Waals surface area contributed by atoms with E-state index in [9.17, 15) is 18.0 Å². The Morgan fingerprint density at radius 3 is 2.42 bits per heavy atom. The van der Waals surface area contributed by atoms with Gasteiger partial charge in [0.1, 0.15) is 5.60 Å². The van der Waals surface area contributed by atoms with Crippen LogP contribution in [0, 0.1) is 0 Å². The van der Waals surface area contributed by atoms with Gasteiger partial charge in [0, 0.05) is 19.1 Å². The molecule has 0 aromatic rings. The molecule has 0 aromatic carbocycles. The Morgan fingerprint density at radius 1 is 1.37 bits per heavy atom. The molecule has 1 heterocycles. The van der Waals surface area contributed by atoms with Crippen molar-refractivity contribution in [2.75, 3.05) is 26.7 Å². The lowest BCUT2D eigenvalue weighted by molar-refractivity contribution is -0.146. The summed E-state index contributed by atoms with van der Waals surface area (Å²) in [4.78, 5) is 14.5. The molecule has 0 saturated carbocycles. The van der Waals surface area contributed by atoms with Crippen molar-refractivity contribution in [1.29, 1.82) is 0 Å². The predicted octanol–water partition coefficient (Wildman–Crippen LogP) is 2.49. The molecular formula is C12H21F3N2O2. The second kappa shape index (κ2) is 5.56. The molecule has 1 saturated heterocycles. The highest BCUT2D eigenvalue weighted by atomic mass is 19.4. The van der Waals surface area contributed by atoms with Crippen molar-refractivity contribution in [3.63, 3.8) is 0 Å². The van der Waals surface area contributed by atoms with Gasteiger partial charge in [-0.15, -0.1) is 0 Å². The fourth-order valence-electron chi connectivity index (χ4n) is 2.01. The molecule has 19 heavy (non-hydrogen) atoms. The van der Waals surface area contributed by atoms with E-state index in [1.165, 1.54) is 16.8 Å². The summed E-state index contributed by atoms with van der Waals surface area (Å²) in [7, 11) is 1.43. The lowest BCUT2D eigenvalue weighted by Gasteiger charge is -2.27. The number of ether oxygens (including phenoxy) is 1. The Balaban J connectivity index is 2.47. The van der Waals surface area contributed by atoms with Crippen LogP contribution in [0.4, 0.5) is 18.0 Å². The third-order valence-electron chi connectivity index (χ3n) is 2.87. The number of nitrogens with zero attached hydrogens (tertiary/aromatic N) is 2. The summed E-state index contributed by atoms with van der Waals surface area (Å²) in [5.74, 6) is 0. The smallest absolute Gasteiger partial charge is 0.410 e. The van der Waals surface area contributed by atoms with Crippen LogP contribution < -0.4 is 0 Å². The molecule has 0 radical (unpaired) electrons. The number of carbonyl (C=O) groups is 1. The van der Waals surface area contributed by atoms with E-state index in [1.54, 1.807) is 20.8 Å². The lowest BCUT2D eigenvalue weighted by Crippen LogP contribution is -2.42. The second-order valence-electron chi connectivity index (χ2n) is 5.90. The van der Waals surface area contributed by atoms with Gasteiger partial charge in [0.15, 0.2) is 0 Å². The van der Waals surface area contributed by atoms with E-state index in [2.05, 4.69) is 0 Å². The monoisotopic (exact) mass is 282 g/mol. The SMILES string of the molecule is CN(CC(F)(F)F)[C@@H]1CCN(C(=O)OC(C)(C)C)C1. The third kappa shape index (κ3) is 5.67. The van der Waals surface area contributed by atoms with Crippen LogP contribution in [0.1, 0.15) is 27.2 Å². The number of halogens is 3. The van der Waals surface area contributed by atoms with Gasteiger partial charge in [-0.05, 0) is 34.2 Å². The number of likely N-dealkylation sites (N-methyl/N-ethyl adjacent to an activating group) is 1. The molecule has 0 N–H and O–H groups in total. The number of hydrogen-bond donors (Lipinski definition) is 0. The van der Waals surface area contributed by atoms with Gasteiger partial charge in [-0.3, -0.25) is 4.90 Å². The number of amides is 1. The minimum atomic E-state index is -4.21. The first-order valence-corrected chi connectivity index (χ1v) is 6.23. The maximum Gasteiger partial charge on any atom is 0.410 e. The molecule has 112 valence electrons. The molecule has 1 aliphatic rings. The van der Waals surface area contributed by atoms with E-state index in [0.29, 0.717) is 13.0 Å². The first-order chi connectivity index (χ1) is 8.48. The molecule has 0 aromatic heterocycles. The van der Waals surface area contributed by atoms with Gasteiger partial charge < -0.3 is 9.64 Å². The van der Waals surface area contributed by atoms with Gasteiger partial charge in [0.25, 0.3) is 0 Å². The average Bonchev–Trinajstić information content (AvgIpc) is 2.60. The Hall–Kier alpha value is -0.980. The topological polar surface area (TPSA) is 32.8 Å². The molecule has 7 heteroatoms. The second-order valence-corrected chi connectivity index (χ2v) is 5.90. The molecule has 4 nitrogen and oxygen atoms in total. The van der Waals surface area contributed by atoms with Gasteiger partial charge in [-0.25, -0.2) is 4.79 Å². The van der Waals surface area contributed by atoms with E-state index in [4.69, 9.17) is 4.74 Å². The number of rotatable bonds is 2. The Bertz CT molecular complexity index is 326. The highest BCUT2D eigenvalue weighted by Gasteiger charge is 2.36. The van der Waals surface area contributed by atoms with Crippen LogP contribution >= 0.6 is 0 Å². The van der Waals surface area contributed by atoms with Gasteiger partial charge in [-0.2, -0.15) is 13.2 Å². The quantitative estimate of drug-likeness (QED) is 0.780. The first kappa shape index (κ1) is 16.1. The van der Waals surface area contributed by atoms with Gasteiger partial charge in [0.05, 0.1) is 6.54 Å². The van der Waals surface area contributed by atoms with Crippen LogP contribution in [0.25, 0.3) is 0 Å². The molecule has 1 atom stereocenters. The summed E-state index contributed by atoms with van der Waals surface area (Å²) < 4.78 is 42.1. The van der Waals surface area contributed by atoms with Crippen LogP contribution in [0.5, 0.6) is 0 Å². The molecule has 1 fully saturated rings. The van der Waals surface area contributed by atoms with Gasteiger partial charge >= 0.3 is 12.3 Å². The molecule has 1 aliphatic heterocycles. The fourth-order valence-corrected chi connectivity index (χ4v) is 2.01. The molecule has 0 bridgehead atoms. The number of alkyl halides is 3. The maximum absolute atomic E-state index is 12.3. The summed E-state index contributed by atoms with van der Waals surface area (Å²) in [6, 6.07) is -0.269. The first-order valence-electron chi connectivity index (χ1n) is 6.23. The van der Waals surface area contributed by atoms with Crippen LogP contribution in [0.2, 0.25) is 0 Å². The normalized spacial score (nSPS) is 21.1. The zero-order valence-electron chi connectivity index (χ0n) is 11.8. The Kier molecular flexibility index (Phi) is 4.71. The minimum Gasteiger partial charge on any atom is -0.444 e. The highest BCUT2D eigenvalue weighted by molar-refractivity contribution is 5.68. The summed E-state index contributed by atoms with van der Waals surface area (Å²) in [5.41, 5.74) is -0.590. The van der Waals surface area contributed by atoms with Crippen molar-refractivity contribution in [2.24, 2.45) is 0 Å². The van der Waals surface area contributed by atoms with Crippen LogP contribution in [0.3, 0.4) is 0 Å². The van der Waals surface area contributed by atoms with Gasteiger partial charge in [0.2, 0.25) is 0 Å². The van der Waals surface area contributed by atoms with Crippen molar-refractivity contribution in [2.45, 2.75) is 45.0 Å². The van der Waals surface area contributed by atoms with E-state index in [-0.39, 0.29) is 12.6 Å². The number of hydrogen-bond acceptors (Lipinski definition) is 3. The third-order valence-corrected chi connectivity index (χ3v) is 2.87. The van der Waals surface area contributed by atoms with E-state index in [1.807, 2.05) is 0 Å². The maximum atomic E-state index is 12.3. The summed E-state index contributed by atoms with van der Waals surface area (Å²) in [5, 5.41) is 0. The predicted molar refractivity (Wildman–Crippen MR) is 64.9 cm³/mol. The summed E-state index contributed by atoms with van der Waals surface area (Å²) in [6.45, 7) is 5.03. The standard InChI is InChI=1S/C12H21F3N2O2/c1-11(2,3)19-10(18)17-6-5-9(7-17)16(4)8-12(13,14)15/h9H,5-8H2,1-4H3/t9-/m1/s1.